The van der Waals surface area contributed by atoms with E-state index in [1.807, 2.05) is 0 Å². The molecule has 0 spiro atoms. The van der Waals surface area contributed by atoms with Crippen molar-refractivity contribution in [1.82, 2.24) is 0 Å². The van der Waals surface area contributed by atoms with Gasteiger partial charge in [0, 0.05) is 0 Å². The summed E-state index contributed by atoms with van der Waals surface area (Å²) < 4.78 is 36.9. The highest BCUT2D eigenvalue weighted by molar-refractivity contribution is 5.25. The Bertz CT molecular complexity index is 354. The van der Waals surface area contributed by atoms with Crippen LogP contribution in [-0.2, 0) is 6.18 Å². The number of rotatable bonds is 5. The molecule has 1 unspecified atom stereocenters. The SMILES string of the molecule is C=CCCCC(O)c1ccc(C(F)(F)F)cc1. The number of aliphatic hydroxyl groups excluding tert-OH is 1. The second kappa shape index (κ2) is 5.87. The zero-order chi connectivity index (χ0) is 12.9. The van der Waals surface area contributed by atoms with Gasteiger partial charge in [-0.3, -0.25) is 0 Å². The molecule has 0 aromatic heterocycles. The third-order valence-corrected chi connectivity index (χ3v) is 2.51. The van der Waals surface area contributed by atoms with Crippen LogP contribution < -0.4 is 0 Å². The van der Waals surface area contributed by atoms with Crippen molar-refractivity contribution >= 4 is 0 Å². The van der Waals surface area contributed by atoms with Crippen LogP contribution in [0.3, 0.4) is 0 Å². The first-order chi connectivity index (χ1) is 7.95. The van der Waals surface area contributed by atoms with Crippen LogP contribution in [-0.4, -0.2) is 5.11 Å². The number of unbranched alkanes of at least 4 members (excludes halogenated alkanes) is 1. The molecule has 17 heavy (non-hydrogen) atoms. The molecule has 1 atom stereocenters. The smallest absolute Gasteiger partial charge is 0.388 e. The standard InChI is InChI=1S/C13H15F3O/c1-2-3-4-5-12(17)10-6-8-11(9-7-10)13(14,15)16/h2,6-9,12,17H,1,3-5H2. The summed E-state index contributed by atoms with van der Waals surface area (Å²) in [5, 5.41) is 9.73. The fraction of sp³-hybridized carbons (Fsp3) is 0.385. The lowest BCUT2D eigenvalue weighted by Gasteiger charge is -2.12. The minimum absolute atomic E-state index is 0.516. The number of halogens is 3. The Kier molecular flexibility index (Phi) is 4.75. The number of benzene rings is 1. The predicted octanol–water partition coefficient (Wildman–Crippen LogP) is 4.10. The molecule has 0 aliphatic carbocycles. The van der Waals surface area contributed by atoms with Gasteiger partial charge in [-0.25, -0.2) is 0 Å². The molecule has 1 N–H and O–H groups in total. The number of allylic oxidation sites excluding steroid dienone is 1. The van der Waals surface area contributed by atoms with Gasteiger partial charge in [0.25, 0.3) is 0 Å². The molecule has 1 aromatic carbocycles. The molecule has 0 amide bonds. The number of aliphatic hydroxyl groups is 1. The predicted molar refractivity (Wildman–Crippen MR) is 60.5 cm³/mol. The highest BCUT2D eigenvalue weighted by Crippen LogP contribution is 2.30. The second-order valence-electron chi connectivity index (χ2n) is 3.86. The molecule has 1 rings (SSSR count). The summed E-state index contributed by atoms with van der Waals surface area (Å²) >= 11 is 0. The number of hydrogen-bond acceptors (Lipinski definition) is 1. The van der Waals surface area contributed by atoms with Gasteiger partial charge in [-0.1, -0.05) is 18.2 Å². The maximum absolute atomic E-state index is 12.3. The first kappa shape index (κ1) is 13.8. The van der Waals surface area contributed by atoms with Crippen molar-refractivity contribution in [1.29, 1.82) is 0 Å². The molecule has 0 aliphatic heterocycles. The van der Waals surface area contributed by atoms with Crippen LogP contribution in [0.1, 0.15) is 36.5 Å². The first-order valence-electron chi connectivity index (χ1n) is 5.41. The topological polar surface area (TPSA) is 20.2 Å². The molecule has 0 saturated carbocycles. The summed E-state index contributed by atoms with van der Waals surface area (Å²) in [7, 11) is 0. The van der Waals surface area contributed by atoms with E-state index < -0.39 is 17.8 Å². The molecule has 4 heteroatoms. The highest BCUT2D eigenvalue weighted by Gasteiger charge is 2.30. The van der Waals surface area contributed by atoms with Gasteiger partial charge in [0.2, 0.25) is 0 Å². The van der Waals surface area contributed by atoms with Crippen LogP contribution in [0.2, 0.25) is 0 Å². The van der Waals surface area contributed by atoms with Gasteiger partial charge >= 0.3 is 6.18 Å². The summed E-state index contributed by atoms with van der Waals surface area (Å²) in [5.41, 5.74) is -0.179. The quantitative estimate of drug-likeness (QED) is 0.610. The number of hydrogen-bond donors (Lipinski definition) is 1. The summed E-state index contributed by atoms with van der Waals surface area (Å²) in [4.78, 5) is 0. The Labute approximate surface area is 98.6 Å². The van der Waals surface area contributed by atoms with E-state index in [9.17, 15) is 18.3 Å². The van der Waals surface area contributed by atoms with Gasteiger partial charge in [-0.15, -0.1) is 6.58 Å². The zero-order valence-corrected chi connectivity index (χ0v) is 9.37. The Morgan fingerprint density at radius 2 is 1.82 bits per heavy atom. The molecule has 0 aliphatic rings. The molecular weight excluding hydrogens is 229 g/mol. The molecular formula is C13H15F3O. The third-order valence-electron chi connectivity index (χ3n) is 2.51. The van der Waals surface area contributed by atoms with E-state index >= 15 is 0 Å². The van der Waals surface area contributed by atoms with Crippen LogP contribution in [0, 0.1) is 0 Å². The van der Waals surface area contributed by atoms with Crippen LogP contribution in [0.5, 0.6) is 0 Å². The first-order valence-corrected chi connectivity index (χ1v) is 5.41. The van der Waals surface area contributed by atoms with E-state index in [0.29, 0.717) is 12.0 Å². The van der Waals surface area contributed by atoms with Crippen molar-refractivity contribution in [2.24, 2.45) is 0 Å². The average molecular weight is 244 g/mol. The molecule has 0 heterocycles. The van der Waals surface area contributed by atoms with Crippen molar-refractivity contribution in [3.05, 3.63) is 48.0 Å². The van der Waals surface area contributed by atoms with Gasteiger partial charge in [-0.2, -0.15) is 13.2 Å². The molecule has 94 valence electrons. The minimum Gasteiger partial charge on any atom is -0.388 e. The van der Waals surface area contributed by atoms with Crippen molar-refractivity contribution in [2.45, 2.75) is 31.5 Å². The summed E-state index contributed by atoms with van der Waals surface area (Å²) in [6.45, 7) is 3.56. The summed E-state index contributed by atoms with van der Waals surface area (Å²) in [5.74, 6) is 0. The van der Waals surface area contributed by atoms with Crippen molar-refractivity contribution in [2.75, 3.05) is 0 Å². The van der Waals surface area contributed by atoms with Crippen LogP contribution in [0.25, 0.3) is 0 Å². The van der Waals surface area contributed by atoms with Crippen LogP contribution in [0.15, 0.2) is 36.9 Å². The van der Waals surface area contributed by atoms with Crippen molar-refractivity contribution in [3.63, 3.8) is 0 Å². The van der Waals surface area contributed by atoms with Gasteiger partial charge in [0.05, 0.1) is 11.7 Å². The molecule has 0 bridgehead atoms. The lowest BCUT2D eigenvalue weighted by atomic mass is 10.0. The highest BCUT2D eigenvalue weighted by atomic mass is 19.4. The van der Waals surface area contributed by atoms with E-state index in [0.717, 1.165) is 25.0 Å². The van der Waals surface area contributed by atoms with Crippen LogP contribution in [0.4, 0.5) is 13.2 Å². The van der Waals surface area contributed by atoms with E-state index in [-0.39, 0.29) is 0 Å². The van der Waals surface area contributed by atoms with Crippen LogP contribution >= 0.6 is 0 Å². The van der Waals surface area contributed by atoms with E-state index in [4.69, 9.17) is 0 Å². The Morgan fingerprint density at radius 3 is 2.29 bits per heavy atom. The summed E-state index contributed by atoms with van der Waals surface area (Å²) in [6, 6.07) is 4.63. The summed E-state index contributed by atoms with van der Waals surface area (Å²) in [6.07, 6.45) is -1.20. The molecule has 0 saturated heterocycles. The van der Waals surface area contributed by atoms with Crippen molar-refractivity contribution < 1.29 is 18.3 Å². The van der Waals surface area contributed by atoms with Gasteiger partial charge in [-0.05, 0) is 37.0 Å². The fourth-order valence-corrected chi connectivity index (χ4v) is 1.52. The van der Waals surface area contributed by atoms with E-state index in [2.05, 4.69) is 6.58 Å². The zero-order valence-electron chi connectivity index (χ0n) is 9.37. The van der Waals surface area contributed by atoms with E-state index in [1.165, 1.54) is 12.1 Å². The van der Waals surface area contributed by atoms with Gasteiger partial charge < -0.3 is 5.11 Å². The lowest BCUT2D eigenvalue weighted by Crippen LogP contribution is -2.05. The Hall–Kier alpha value is -1.29. The maximum Gasteiger partial charge on any atom is 0.416 e. The van der Waals surface area contributed by atoms with Crippen molar-refractivity contribution in [3.8, 4) is 0 Å². The van der Waals surface area contributed by atoms with E-state index in [1.54, 1.807) is 6.08 Å². The Balaban J connectivity index is 2.64. The monoisotopic (exact) mass is 244 g/mol. The average Bonchev–Trinajstić information content (AvgIpc) is 2.28. The second-order valence-corrected chi connectivity index (χ2v) is 3.86. The normalized spacial score (nSPS) is 13.4. The molecule has 0 radical (unpaired) electrons. The lowest BCUT2D eigenvalue weighted by molar-refractivity contribution is -0.137. The fourth-order valence-electron chi connectivity index (χ4n) is 1.52. The molecule has 1 aromatic rings. The maximum atomic E-state index is 12.3. The molecule has 0 fully saturated rings. The van der Waals surface area contributed by atoms with Gasteiger partial charge in [0.15, 0.2) is 0 Å². The molecule has 1 nitrogen and oxygen atoms in total. The minimum atomic E-state index is -4.33. The Morgan fingerprint density at radius 1 is 1.24 bits per heavy atom. The number of alkyl halides is 3. The van der Waals surface area contributed by atoms with Gasteiger partial charge in [0.1, 0.15) is 0 Å². The largest absolute Gasteiger partial charge is 0.416 e. The third kappa shape index (κ3) is 4.23.